The minimum atomic E-state index is -0.644. The van der Waals surface area contributed by atoms with Gasteiger partial charge in [-0.05, 0) is 117 Å². The summed E-state index contributed by atoms with van der Waals surface area (Å²) < 4.78 is 5.47. The molecule has 5 saturated carbocycles. The third-order valence-electron chi connectivity index (χ3n) is 13.6. The molecule has 0 saturated heterocycles. The molecule has 5 aliphatic carbocycles. The minimum Gasteiger partial charge on any atom is -0.469 e. The van der Waals surface area contributed by atoms with Crippen molar-refractivity contribution in [3.8, 4) is 0 Å². The van der Waals surface area contributed by atoms with Gasteiger partial charge < -0.3 is 14.6 Å². The average Bonchev–Trinajstić information content (AvgIpc) is 3.23. The first-order valence-electron chi connectivity index (χ1n) is 14.2. The number of aliphatic hydroxyl groups is 1. The van der Waals surface area contributed by atoms with Crippen LogP contribution in [0.5, 0.6) is 0 Å². The summed E-state index contributed by atoms with van der Waals surface area (Å²) in [5.74, 6) is 2.00. The van der Waals surface area contributed by atoms with Crippen LogP contribution in [0.3, 0.4) is 0 Å². The van der Waals surface area contributed by atoms with Crippen LogP contribution >= 0.6 is 0 Å². The lowest BCUT2D eigenvalue weighted by Crippen LogP contribution is -2.67. The summed E-state index contributed by atoms with van der Waals surface area (Å²) in [4.78, 5) is 25.7. The molecular weight excluding hydrogens is 436 g/mol. The lowest BCUT2D eigenvalue weighted by atomic mass is 9.32. The van der Waals surface area contributed by atoms with Gasteiger partial charge in [-0.3, -0.25) is 4.79 Å². The SMILES string of the molecule is C=C(C)[C@@H]1CCC2(C(=O)OC)CC[C@]3(C)C(CCC4[C@@]5(C)CC[C@H](O)[C@@](C)(C=O)C5CC[C@]43C)C12. The number of rotatable bonds is 3. The van der Waals surface area contributed by atoms with Crippen LogP contribution < -0.4 is 0 Å². The summed E-state index contributed by atoms with van der Waals surface area (Å²) in [7, 11) is 1.57. The van der Waals surface area contributed by atoms with E-state index in [1.54, 1.807) is 7.11 Å². The Hall–Kier alpha value is -1.16. The van der Waals surface area contributed by atoms with Crippen LogP contribution in [0.1, 0.15) is 98.8 Å². The predicted molar refractivity (Wildman–Crippen MR) is 137 cm³/mol. The molecule has 11 atom stereocenters. The normalized spacial score (nSPS) is 55.1. The number of fused-ring (bicyclic) bond motifs is 7. The number of allylic oxidation sites excluding steroid dienone is 1. The molecule has 5 fully saturated rings. The van der Waals surface area contributed by atoms with E-state index < -0.39 is 11.5 Å². The lowest BCUT2D eigenvalue weighted by molar-refractivity contribution is -0.246. The van der Waals surface area contributed by atoms with Gasteiger partial charge in [0.2, 0.25) is 0 Å². The number of carbonyl (C=O) groups is 2. The number of aliphatic hydroxyl groups excluding tert-OH is 1. The Balaban J connectivity index is 1.57. The van der Waals surface area contributed by atoms with Gasteiger partial charge in [0.25, 0.3) is 0 Å². The van der Waals surface area contributed by atoms with Crippen molar-refractivity contribution in [2.75, 3.05) is 7.11 Å². The van der Waals surface area contributed by atoms with Crippen LogP contribution in [-0.4, -0.2) is 30.6 Å². The molecular formula is C31H48O4. The monoisotopic (exact) mass is 484 g/mol. The molecule has 0 amide bonds. The lowest BCUT2D eigenvalue weighted by Gasteiger charge is -2.72. The van der Waals surface area contributed by atoms with E-state index in [-0.39, 0.29) is 33.5 Å². The van der Waals surface area contributed by atoms with Gasteiger partial charge in [-0.2, -0.15) is 0 Å². The fourth-order valence-corrected chi connectivity index (χ4v) is 11.6. The Morgan fingerprint density at radius 3 is 2.26 bits per heavy atom. The quantitative estimate of drug-likeness (QED) is 0.288. The van der Waals surface area contributed by atoms with Crippen LogP contribution in [-0.2, 0) is 14.3 Å². The molecule has 0 bridgehead atoms. The standard InChI is InChI=1S/C31H48O4/c1-19(2)20-10-15-31(26(34)35-7)17-16-29(5)21(25(20)31)8-9-23-27(3)13-12-24(33)28(4,18-32)22(27)11-14-30(23,29)6/h18,20-25,33H,1,8-17H2,2-7H3/t20-,21?,22?,23?,24-,25?,27-,28-,29+,30+,31?/m0/s1. The summed E-state index contributed by atoms with van der Waals surface area (Å²) in [6, 6.07) is 0. The summed E-state index contributed by atoms with van der Waals surface area (Å²) in [5.41, 5.74) is 0.620. The maximum atomic E-state index is 13.3. The topological polar surface area (TPSA) is 63.6 Å². The predicted octanol–water partition coefficient (Wildman–Crippen LogP) is 6.36. The number of carbonyl (C=O) groups excluding carboxylic acids is 2. The van der Waals surface area contributed by atoms with Crippen molar-refractivity contribution in [2.45, 2.75) is 105 Å². The second-order valence-electron chi connectivity index (χ2n) is 14.4. The number of hydrogen-bond acceptors (Lipinski definition) is 4. The Morgan fingerprint density at radius 1 is 0.914 bits per heavy atom. The summed E-state index contributed by atoms with van der Waals surface area (Å²) >= 11 is 0. The molecule has 35 heavy (non-hydrogen) atoms. The van der Waals surface area contributed by atoms with Gasteiger partial charge in [-0.15, -0.1) is 0 Å². The number of methoxy groups -OCH3 is 1. The van der Waals surface area contributed by atoms with E-state index in [1.165, 1.54) is 5.57 Å². The zero-order chi connectivity index (χ0) is 25.6. The highest BCUT2D eigenvalue weighted by Gasteiger charge is 2.72. The van der Waals surface area contributed by atoms with Gasteiger partial charge in [-0.25, -0.2) is 0 Å². The Bertz CT molecular complexity index is 927. The highest BCUT2D eigenvalue weighted by Crippen LogP contribution is 2.77. The minimum absolute atomic E-state index is 0.0132. The van der Waals surface area contributed by atoms with Crippen molar-refractivity contribution in [3.05, 3.63) is 12.2 Å². The van der Waals surface area contributed by atoms with Gasteiger partial charge >= 0.3 is 5.97 Å². The van der Waals surface area contributed by atoms with Crippen molar-refractivity contribution in [2.24, 2.45) is 56.7 Å². The first kappa shape index (κ1) is 25.5. The van der Waals surface area contributed by atoms with E-state index in [9.17, 15) is 14.7 Å². The van der Waals surface area contributed by atoms with Crippen molar-refractivity contribution >= 4 is 12.3 Å². The zero-order valence-electron chi connectivity index (χ0n) is 23.0. The average molecular weight is 485 g/mol. The van der Waals surface area contributed by atoms with Gasteiger partial charge in [-0.1, -0.05) is 39.8 Å². The summed E-state index contributed by atoms with van der Waals surface area (Å²) in [6.07, 6.45) is 10.7. The Labute approximate surface area is 212 Å². The molecule has 5 rings (SSSR count). The summed E-state index contributed by atoms with van der Waals surface area (Å²) in [6.45, 7) is 16.1. The van der Waals surface area contributed by atoms with Crippen LogP contribution in [0.2, 0.25) is 0 Å². The van der Waals surface area contributed by atoms with E-state index in [1.807, 2.05) is 6.92 Å². The maximum absolute atomic E-state index is 13.3. The smallest absolute Gasteiger partial charge is 0.312 e. The molecule has 0 heterocycles. The molecule has 0 aromatic carbocycles. The van der Waals surface area contributed by atoms with Crippen molar-refractivity contribution < 1.29 is 19.4 Å². The highest BCUT2D eigenvalue weighted by atomic mass is 16.5. The van der Waals surface area contributed by atoms with E-state index in [4.69, 9.17) is 4.74 Å². The summed E-state index contributed by atoms with van der Waals surface area (Å²) in [5, 5.41) is 10.9. The molecule has 4 nitrogen and oxygen atoms in total. The number of hydrogen-bond donors (Lipinski definition) is 1. The van der Waals surface area contributed by atoms with Crippen LogP contribution in [0.25, 0.3) is 0 Å². The molecule has 1 N–H and O–H groups in total. The van der Waals surface area contributed by atoms with Gasteiger partial charge in [0.05, 0.1) is 24.0 Å². The Morgan fingerprint density at radius 2 is 1.63 bits per heavy atom. The fraction of sp³-hybridized carbons (Fsp3) is 0.871. The van der Waals surface area contributed by atoms with Crippen LogP contribution in [0, 0.1) is 56.7 Å². The van der Waals surface area contributed by atoms with Crippen LogP contribution in [0.4, 0.5) is 0 Å². The molecule has 4 heteroatoms. The van der Waals surface area contributed by atoms with Gasteiger partial charge in [0, 0.05) is 0 Å². The molecule has 5 aliphatic rings. The third-order valence-corrected chi connectivity index (χ3v) is 13.6. The Kier molecular flexibility index (Phi) is 5.77. The molecule has 0 aromatic heterocycles. The van der Waals surface area contributed by atoms with Gasteiger partial charge in [0.1, 0.15) is 6.29 Å². The van der Waals surface area contributed by atoms with Crippen LogP contribution in [0.15, 0.2) is 12.2 Å². The fourth-order valence-electron chi connectivity index (χ4n) is 11.6. The highest BCUT2D eigenvalue weighted by molar-refractivity contribution is 5.78. The second-order valence-corrected chi connectivity index (χ2v) is 14.4. The molecule has 0 spiro atoms. The molecule has 5 unspecified atom stereocenters. The van der Waals surface area contributed by atoms with Crippen molar-refractivity contribution in [1.29, 1.82) is 0 Å². The van der Waals surface area contributed by atoms with Gasteiger partial charge in [0.15, 0.2) is 0 Å². The maximum Gasteiger partial charge on any atom is 0.312 e. The molecule has 0 radical (unpaired) electrons. The largest absolute Gasteiger partial charge is 0.469 e. The van der Waals surface area contributed by atoms with E-state index in [0.717, 1.165) is 70.5 Å². The van der Waals surface area contributed by atoms with Crippen molar-refractivity contribution in [1.82, 2.24) is 0 Å². The zero-order valence-corrected chi connectivity index (χ0v) is 23.0. The van der Waals surface area contributed by atoms with E-state index in [0.29, 0.717) is 23.7 Å². The van der Waals surface area contributed by atoms with Crippen molar-refractivity contribution in [3.63, 3.8) is 0 Å². The van der Waals surface area contributed by atoms with E-state index >= 15 is 0 Å². The molecule has 196 valence electrons. The first-order valence-corrected chi connectivity index (χ1v) is 14.2. The van der Waals surface area contributed by atoms with E-state index in [2.05, 4.69) is 34.3 Å². The second kappa shape index (κ2) is 7.92. The molecule has 0 aliphatic heterocycles. The molecule has 0 aromatic rings. The first-order chi connectivity index (χ1) is 16.4. The number of aldehydes is 1. The number of ether oxygens (including phenoxy) is 1. The third kappa shape index (κ3) is 2.95. The number of esters is 1.